The average molecular weight is 361 g/mol. The third-order valence-electron chi connectivity index (χ3n) is 5.07. The van der Waals surface area contributed by atoms with E-state index in [2.05, 4.69) is 0 Å². The number of thioether (sulfide) groups is 1. The van der Waals surface area contributed by atoms with Crippen LogP contribution in [-0.4, -0.2) is 53.5 Å². The Morgan fingerprint density at radius 1 is 0.800 bits per heavy atom. The van der Waals surface area contributed by atoms with Gasteiger partial charge in [-0.25, -0.2) is 0 Å². The molecule has 4 nitrogen and oxygen atoms in total. The van der Waals surface area contributed by atoms with Crippen molar-refractivity contribution in [3.63, 3.8) is 0 Å². The summed E-state index contributed by atoms with van der Waals surface area (Å²) in [6.45, 7) is 3.47. The molecule has 25 heavy (non-hydrogen) atoms. The van der Waals surface area contributed by atoms with Crippen LogP contribution in [0.25, 0.3) is 0 Å². The van der Waals surface area contributed by atoms with Gasteiger partial charge in [0.1, 0.15) is 0 Å². The van der Waals surface area contributed by atoms with E-state index in [1.807, 2.05) is 34.1 Å². The first-order valence-electron chi connectivity index (χ1n) is 9.54. The molecule has 0 bridgehead atoms. The Bertz CT molecular complexity index is 591. The first-order valence-corrected chi connectivity index (χ1v) is 10.5. The molecule has 0 unspecified atom stereocenters. The van der Waals surface area contributed by atoms with Gasteiger partial charge in [0, 0.05) is 31.1 Å². The molecule has 2 amide bonds. The smallest absolute Gasteiger partial charge is 0.254 e. The number of benzene rings is 1. The Kier molecular flexibility index (Phi) is 6.79. The van der Waals surface area contributed by atoms with Crippen molar-refractivity contribution in [3.8, 4) is 0 Å². The van der Waals surface area contributed by atoms with E-state index < -0.39 is 0 Å². The quantitative estimate of drug-likeness (QED) is 0.767. The van der Waals surface area contributed by atoms with E-state index >= 15 is 0 Å². The van der Waals surface area contributed by atoms with Crippen molar-refractivity contribution in [2.24, 2.45) is 0 Å². The summed E-state index contributed by atoms with van der Waals surface area (Å²) in [5.74, 6) is 0.735. The van der Waals surface area contributed by atoms with Gasteiger partial charge in [-0.2, -0.15) is 0 Å². The lowest BCUT2D eigenvalue weighted by Crippen LogP contribution is -2.34. The molecule has 5 heteroatoms. The minimum Gasteiger partial charge on any atom is -0.342 e. The number of nitrogens with zero attached hydrogens (tertiary/aromatic N) is 2. The molecule has 0 aromatic heterocycles. The van der Waals surface area contributed by atoms with Gasteiger partial charge in [-0.05, 0) is 37.8 Å². The normalized spacial score (nSPS) is 18.7. The van der Waals surface area contributed by atoms with Gasteiger partial charge in [0.2, 0.25) is 5.91 Å². The van der Waals surface area contributed by atoms with Crippen LogP contribution >= 0.6 is 11.8 Å². The van der Waals surface area contributed by atoms with E-state index in [0.29, 0.717) is 5.75 Å². The molecule has 2 aliphatic rings. The van der Waals surface area contributed by atoms with E-state index in [1.165, 1.54) is 31.0 Å². The van der Waals surface area contributed by atoms with Gasteiger partial charge in [-0.3, -0.25) is 9.59 Å². The van der Waals surface area contributed by atoms with E-state index in [-0.39, 0.29) is 11.8 Å². The second-order valence-corrected chi connectivity index (χ2v) is 7.95. The number of hydrogen-bond acceptors (Lipinski definition) is 3. The maximum Gasteiger partial charge on any atom is 0.254 e. The van der Waals surface area contributed by atoms with Crippen molar-refractivity contribution < 1.29 is 9.59 Å². The van der Waals surface area contributed by atoms with E-state index in [1.54, 1.807) is 0 Å². The fourth-order valence-corrected chi connectivity index (χ4v) is 4.53. The maximum atomic E-state index is 13.0. The number of likely N-dealkylation sites (tertiary alicyclic amines) is 2. The molecule has 0 saturated carbocycles. The Balaban J connectivity index is 1.64. The zero-order valence-corrected chi connectivity index (χ0v) is 15.7. The topological polar surface area (TPSA) is 40.6 Å². The molecule has 1 aromatic carbocycles. The summed E-state index contributed by atoms with van der Waals surface area (Å²) >= 11 is 1.50. The molecule has 0 aliphatic carbocycles. The fourth-order valence-electron chi connectivity index (χ4n) is 3.59. The third kappa shape index (κ3) is 5.00. The van der Waals surface area contributed by atoms with Crippen LogP contribution in [0.3, 0.4) is 0 Å². The Morgan fingerprint density at radius 2 is 1.36 bits per heavy atom. The molecule has 2 fully saturated rings. The van der Waals surface area contributed by atoms with Gasteiger partial charge in [0.25, 0.3) is 5.91 Å². The summed E-state index contributed by atoms with van der Waals surface area (Å²) in [6, 6.07) is 7.75. The summed E-state index contributed by atoms with van der Waals surface area (Å²) in [5, 5.41) is 0. The SMILES string of the molecule is O=C(CSc1ccccc1C(=O)N1CCCCCCC1)N1CCCC1. The Hall–Kier alpha value is -1.49. The van der Waals surface area contributed by atoms with Gasteiger partial charge in [-0.15, -0.1) is 11.8 Å². The predicted octanol–water partition coefficient (Wildman–Crippen LogP) is 3.81. The summed E-state index contributed by atoms with van der Waals surface area (Å²) in [5.41, 5.74) is 0.752. The van der Waals surface area contributed by atoms with Gasteiger partial charge in [-0.1, -0.05) is 31.4 Å². The van der Waals surface area contributed by atoms with Gasteiger partial charge >= 0.3 is 0 Å². The molecule has 1 aromatic rings. The molecule has 2 saturated heterocycles. The standard InChI is InChI=1S/C20H28N2O2S/c23-19(21-12-8-9-13-21)16-25-18-11-5-4-10-17(18)20(24)22-14-6-2-1-3-7-15-22/h4-5,10-11H,1-3,6-9,12-16H2. The lowest BCUT2D eigenvalue weighted by Gasteiger charge is -2.25. The first-order chi connectivity index (χ1) is 12.3. The Morgan fingerprint density at radius 3 is 2.08 bits per heavy atom. The van der Waals surface area contributed by atoms with E-state index in [0.717, 1.165) is 62.3 Å². The van der Waals surface area contributed by atoms with Gasteiger partial charge < -0.3 is 9.80 Å². The van der Waals surface area contributed by atoms with Crippen molar-refractivity contribution in [3.05, 3.63) is 29.8 Å². The summed E-state index contributed by atoms with van der Waals surface area (Å²) < 4.78 is 0. The highest BCUT2D eigenvalue weighted by Crippen LogP contribution is 2.25. The average Bonchev–Trinajstić information content (AvgIpc) is 3.14. The highest BCUT2D eigenvalue weighted by Gasteiger charge is 2.21. The fraction of sp³-hybridized carbons (Fsp3) is 0.600. The second-order valence-electron chi connectivity index (χ2n) is 6.93. The van der Waals surface area contributed by atoms with Crippen LogP contribution in [0, 0.1) is 0 Å². The van der Waals surface area contributed by atoms with Crippen LogP contribution in [-0.2, 0) is 4.79 Å². The summed E-state index contributed by atoms with van der Waals surface area (Å²) in [6.07, 6.45) is 8.12. The van der Waals surface area contributed by atoms with Crippen LogP contribution in [0.15, 0.2) is 29.2 Å². The minimum absolute atomic E-state index is 0.124. The van der Waals surface area contributed by atoms with Crippen molar-refractivity contribution in [1.82, 2.24) is 9.80 Å². The van der Waals surface area contributed by atoms with Crippen molar-refractivity contribution in [2.75, 3.05) is 31.9 Å². The van der Waals surface area contributed by atoms with Crippen LogP contribution in [0.5, 0.6) is 0 Å². The van der Waals surface area contributed by atoms with E-state index in [9.17, 15) is 9.59 Å². The highest BCUT2D eigenvalue weighted by atomic mass is 32.2. The Labute approximate surface area is 154 Å². The van der Waals surface area contributed by atoms with Gasteiger partial charge in [0.15, 0.2) is 0 Å². The number of carbonyl (C=O) groups is 2. The number of carbonyl (C=O) groups excluding carboxylic acids is 2. The molecular formula is C20H28N2O2S. The van der Waals surface area contributed by atoms with Crippen molar-refractivity contribution >= 4 is 23.6 Å². The highest BCUT2D eigenvalue weighted by molar-refractivity contribution is 8.00. The third-order valence-corrected chi connectivity index (χ3v) is 6.13. The van der Waals surface area contributed by atoms with Gasteiger partial charge in [0.05, 0.1) is 11.3 Å². The number of amides is 2. The molecule has 0 atom stereocenters. The monoisotopic (exact) mass is 360 g/mol. The summed E-state index contributed by atoms with van der Waals surface area (Å²) in [7, 11) is 0. The molecule has 2 heterocycles. The molecule has 0 spiro atoms. The number of hydrogen-bond donors (Lipinski definition) is 0. The lowest BCUT2D eigenvalue weighted by molar-refractivity contribution is -0.127. The zero-order valence-electron chi connectivity index (χ0n) is 14.9. The van der Waals surface area contributed by atoms with Crippen LogP contribution in [0.4, 0.5) is 0 Å². The predicted molar refractivity (Wildman–Crippen MR) is 102 cm³/mol. The second kappa shape index (κ2) is 9.27. The van der Waals surface area contributed by atoms with Crippen LogP contribution < -0.4 is 0 Å². The van der Waals surface area contributed by atoms with Crippen molar-refractivity contribution in [2.45, 2.75) is 49.8 Å². The van der Waals surface area contributed by atoms with Crippen molar-refractivity contribution in [1.29, 1.82) is 0 Å². The molecule has 0 radical (unpaired) electrons. The lowest BCUT2D eigenvalue weighted by atomic mass is 10.1. The maximum absolute atomic E-state index is 13.0. The molecule has 136 valence electrons. The van der Waals surface area contributed by atoms with Crippen LogP contribution in [0.1, 0.15) is 55.3 Å². The number of rotatable bonds is 4. The zero-order chi connectivity index (χ0) is 17.5. The first kappa shape index (κ1) is 18.3. The van der Waals surface area contributed by atoms with E-state index in [4.69, 9.17) is 0 Å². The molecule has 3 rings (SSSR count). The largest absolute Gasteiger partial charge is 0.342 e. The minimum atomic E-state index is 0.124. The molecular weight excluding hydrogens is 332 g/mol. The summed E-state index contributed by atoms with van der Waals surface area (Å²) in [4.78, 5) is 30.2. The van der Waals surface area contributed by atoms with Crippen LogP contribution in [0.2, 0.25) is 0 Å². The molecule has 0 N–H and O–H groups in total. The molecule has 2 aliphatic heterocycles.